The predicted octanol–water partition coefficient (Wildman–Crippen LogP) is 1.26. The van der Waals surface area contributed by atoms with Gasteiger partial charge in [0.1, 0.15) is 5.82 Å². The van der Waals surface area contributed by atoms with Crippen LogP contribution in [0, 0.1) is 17.7 Å². The summed E-state index contributed by atoms with van der Waals surface area (Å²) in [6.07, 6.45) is 1.51. The van der Waals surface area contributed by atoms with Crippen LogP contribution >= 0.6 is 0 Å². The summed E-state index contributed by atoms with van der Waals surface area (Å²) in [5, 5.41) is 0. The molecule has 1 aliphatic rings. The zero-order valence-electron chi connectivity index (χ0n) is 10.1. The van der Waals surface area contributed by atoms with Gasteiger partial charge in [0, 0.05) is 19.5 Å². The van der Waals surface area contributed by atoms with Crippen molar-refractivity contribution in [3.05, 3.63) is 35.1 Å². The number of carbonyl (C=O) groups excluding carboxylic acids is 1. The first-order valence-corrected chi connectivity index (χ1v) is 5.96. The van der Waals surface area contributed by atoms with E-state index in [9.17, 15) is 9.18 Å². The second kappa shape index (κ2) is 5.65. The van der Waals surface area contributed by atoms with Crippen LogP contribution in [-0.2, 0) is 11.3 Å². The third kappa shape index (κ3) is 2.88. The molecule has 1 amide bonds. The molecule has 1 aromatic carbocycles. The van der Waals surface area contributed by atoms with Crippen LogP contribution in [0.5, 0.6) is 0 Å². The monoisotopic (exact) mass is 246 g/mol. The highest BCUT2D eigenvalue weighted by Crippen LogP contribution is 2.16. The summed E-state index contributed by atoms with van der Waals surface area (Å²) < 4.78 is 13.5. The Hall–Kier alpha value is -1.86. The summed E-state index contributed by atoms with van der Waals surface area (Å²) in [6, 6.07) is 4.76. The van der Waals surface area contributed by atoms with Gasteiger partial charge in [-0.25, -0.2) is 4.39 Å². The average Bonchev–Trinajstić information content (AvgIpc) is 2.76. The van der Waals surface area contributed by atoms with E-state index in [0.29, 0.717) is 18.5 Å². The lowest BCUT2D eigenvalue weighted by Crippen LogP contribution is -2.23. The van der Waals surface area contributed by atoms with Gasteiger partial charge in [0.05, 0.1) is 12.1 Å². The second-order valence-corrected chi connectivity index (χ2v) is 4.24. The van der Waals surface area contributed by atoms with Crippen molar-refractivity contribution < 1.29 is 9.18 Å². The maximum Gasteiger partial charge on any atom is 0.222 e. The lowest BCUT2D eigenvalue weighted by atomic mass is 10.1. The van der Waals surface area contributed by atoms with Crippen LogP contribution < -0.4 is 5.73 Å². The van der Waals surface area contributed by atoms with E-state index in [1.165, 1.54) is 6.07 Å². The van der Waals surface area contributed by atoms with E-state index in [4.69, 9.17) is 5.73 Å². The van der Waals surface area contributed by atoms with Crippen LogP contribution in [0.1, 0.15) is 24.0 Å². The Morgan fingerprint density at radius 3 is 2.94 bits per heavy atom. The van der Waals surface area contributed by atoms with Gasteiger partial charge in [-0.2, -0.15) is 0 Å². The number of carbonyl (C=O) groups is 1. The molecule has 0 unspecified atom stereocenters. The first-order valence-electron chi connectivity index (χ1n) is 5.96. The molecule has 0 spiro atoms. The Bertz CT molecular complexity index is 516. The molecule has 1 saturated heterocycles. The standard InChI is InChI=1S/C14H15FN2O/c15-13-6-5-11(9-12(13)3-1-7-16)10-17-8-2-4-14(17)18/h5-6,9H,2,4,7-8,10,16H2. The highest BCUT2D eigenvalue weighted by atomic mass is 19.1. The molecular weight excluding hydrogens is 231 g/mol. The molecule has 2 rings (SSSR count). The number of rotatable bonds is 2. The molecule has 0 radical (unpaired) electrons. The number of benzene rings is 1. The molecule has 1 aromatic rings. The van der Waals surface area contributed by atoms with Gasteiger partial charge in [0.25, 0.3) is 0 Å². The van der Waals surface area contributed by atoms with Crippen molar-refractivity contribution >= 4 is 5.91 Å². The molecule has 0 aromatic heterocycles. The largest absolute Gasteiger partial charge is 0.338 e. The van der Waals surface area contributed by atoms with Crippen LogP contribution in [0.2, 0.25) is 0 Å². The third-order valence-electron chi connectivity index (χ3n) is 2.90. The summed E-state index contributed by atoms with van der Waals surface area (Å²) in [5.41, 5.74) is 6.50. The van der Waals surface area contributed by atoms with Crippen molar-refractivity contribution in [3.8, 4) is 11.8 Å². The fourth-order valence-electron chi connectivity index (χ4n) is 2.00. The Labute approximate surface area is 106 Å². The summed E-state index contributed by atoms with van der Waals surface area (Å²) in [7, 11) is 0. The maximum atomic E-state index is 13.5. The molecule has 4 heteroatoms. The molecule has 1 fully saturated rings. The van der Waals surface area contributed by atoms with Crippen LogP contribution in [0.4, 0.5) is 4.39 Å². The minimum absolute atomic E-state index is 0.161. The van der Waals surface area contributed by atoms with Gasteiger partial charge in [-0.1, -0.05) is 17.9 Å². The molecule has 0 saturated carbocycles. The minimum Gasteiger partial charge on any atom is -0.338 e. The van der Waals surface area contributed by atoms with E-state index in [1.54, 1.807) is 17.0 Å². The molecule has 94 valence electrons. The van der Waals surface area contributed by atoms with Crippen molar-refractivity contribution in [2.75, 3.05) is 13.1 Å². The topological polar surface area (TPSA) is 46.3 Å². The summed E-state index contributed by atoms with van der Waals surface area (Å²) >= 11 is 0. The molecule has 18 heavy (non-hydrogen) atoms. The zero-order chi connectivity index (χ0) is 13.0. The van der Waals surface area contributed by atoms with Gasteiger partial charge in [-0.3, -0.25) is 4.79 Å². The second-order valence-electron chi connectivity index (χ2n) is 4.24. The Kier molecular flexibility index (Phi) is 3.96. The van der Waals surface area contributed by atoms with Crippen LogP contribution in [0.15, 0.2) is 18.2 Å². The zero-order valence-corrected chi connectivity index (χ0v) is 10.1. The normalized spacial score (nSPS) is 14.6. The summed E-state index contributed by atoms with van der Waals surface area (Å²) in [4.78, 5) is 13.3. The third-order valence-corrected chi connectivity index (χ3v) is 2.90. The number of amides is 1. The minimum atomic E-state index is -0.354. The van der Waals surface area contributed by atoms with Gasteiger partial charge >= 0.3 is 0 Å². The smallest absolute Gasteiger partial charge is 0.222 e. The Morgan fingerprint density at radius 1 is 1.44 bits per heavy atom. The summed E-state index contributed by atoms with van der Waals surface area (Å²) in [5.74, 6) is 5.13. The number of hydrogen-bond donors (Lipinski definition) is 1. The van der Waals surface area contributed by atoms with Gasteiger partial charge < -0.3 is 10.6 Å². The van der Waals surface area contributed by atoms with E-state index in [-0.39, 0.29) is 18.3 Å². The molecule has 1 aliphatic heterocycles. The fraction of sp³-hybridized carbons (Fsp3) is 0.357. The number of nitrogens with two attached hydrogens (primary N) is 1. The molecule has 0 aliphatic carbocycles. The van der Waals surface area contributed by atoms with Crippen molar-refractivity contribution in [1.29, 1.82) is 0 Å². The van der Waals surface area contributed by atoms with Crippen molar-refractivity contribution in [2.24, 2.45) is 5.73 Å². The van der Waals surface area contributed by atoms with Gasteiger partial charge in [-0.05, 0) is 24.1 Å². The molecule has 3 nitrogen and oxygen atoms in total. The van der Waals surface area contributed by atoms with E-state index < -0.39 is 0 Å². The molecular formula is C14H15FN2O. The van der Waals surface area contributed by atoms with E-state index >= 15 is 0 Å². The van der Waals surface area contributed by atoms with Gasteiger partial charge in [0.2, 0.25) is 5.91 Å². The predicted molar refractivity (Wildman–Crippen MR) is 67.0 cm³/mol. The van der Waals surface area contributed by atoms with Crippen molar-refractivity contribution in [1.82, 2.24) is 4.90 Å². The molecule has 1 heterocycles. The van der Waals surface area contributed by atoms with E-state index in [0.717, 1.165) is 18.5 Å². The molecule has 0 bridgehead atoms. The number of likely N-dealkylation sites (tertiary alicyclic amines) is 1. The van der Waals surface area contributed by atoms with E-state index in [1.807, 2.05) is 0 Å². The Morgan fingerprint density at radius 2 is 2.28 bits per heavy atom. The van der Waals surface area contributed by atoms with E-state index in [2.05, 4.69) is 11.8 Å². The first kappa shape index (κ1) is 12.6. The number of halogens is 1. The molecule has 0 atom stereocenters. The lowest BCUT2D eigenvalue weighted by Gasteiger charge is -2.15. The summed E-state index contributed by atoms with van der Waals surface area (Å²) in [6.45, 7) is 1.50. The van der Waals surface area contributed by atoms with Crippen molar-refractivity contribution in [2.45, 2.75) is 19.4 Å². The Balaban J connectivity index is 2.16. The lowest BCUT2D eigenvalue weighted by molar-refractivity contribution is -0.128. The quantitative estimate of drug-likeness (QED) is 0.798. The van der Waals surface area contributed by atoms with Crippen LogP contribution in [-0.4, -0.2) is 23.9 Å². The molecule has 2 N–H and O–H groups in total. The maximum absolute atomic E-state index is 13.5. The van der Waals surface area contributed by atoms with Crippen molar-refractivity contribution in [3.63, 3.8) is 0 Å². The average molecular weight is 246 g/mol. The highest BCUT2D eigenvalue weighted by Gasteiger charge is 2.20. The highest BCUT2D eigenvalue weighted by molar-refractivity contribution is 5.78. The van der Waals surface area contributed by atoms with Crippen LogP contribution in [0.3, 0.4) is 0 Å². The number of nitrogens with zero attached hydrogens (tertiary/aromatic N) is 1. The fourth-order valence-corrected chi connectivity index (χ4v) is 2.00. The first-order chi connectivity index (χ1) is 8.70. The SMILES string of the molecule is NCC#Cc1cc(CN2CCCC2=O)ccc1F. The van der Waals surface area contributed by atoms with Crippen LogP contribution in [0.25, 0.3) is 0 Å². The van der Waals surface area contributed by atoms with Gasteiger partial charge in [-0.15, -0.1) is 0 Å². The number of hydrogen-bond acceptors (Lipinski definition) is 2. The van der Waals surface area contributed by atoms with Gasteiger partial charge in [0.15, 0.2) is 0 Å².